The molecule has 0 aromatic carbocycles. The number of rotatable bonds is 2. The zero-order valence-corrected chi connectivity index (χ0v) is 6.25. The second-order valence-electron chi connectivity index (χ2n) is 2.72. The second kappa shape index (κ2) is 3.36. The third-order valence-corrected chi connectivity index (χ3v) is 1.78. The van der Waals surface area contributed by atoms with E-state index < -0.39 is 30.5 Å². The minimum Gasteiger partial charge on any atom is -0.481 e. The van der Waals surface area contributed by atoms with Gasteiger partial charge in [-0.05, 0) is 0 Å². The third kappa shape index (κ3) is 1.72. The van der Waals surface area contributed by atoms with Gasteiger partial charge in [0.2, 0.25) is 0 Å². The third-order valence-electron chi connectivity index (χ3n) is 1.78. The molecule has 12 heavy (non-hydrogen) atoms. The summed E-state index contributed by atoms with van der Waals surface area (Å²) in [6, 6.07) is 0. The van der Waals surface area contributed by atoms with Crippen LogP contribution in [0.1, 0.15) is 6.42 Å². The average molecular weight is 177 g/mol. The highest BCUT2D eigenvalue weighted by Crippen LogP contribution is 2.20. The van der Waals surface area contributed by atoms with Crippen LogP contribution in [0.5, 0.6) is 0 Å². The van der Waals surface area contributed by atoms with Crippen LogP contribution in [-0.4, -0.2) is 45.8 Å². The first kappa shape index (κ1) is 9.40. The van der Waals surface area contributed by atoms with E-state index in [1.165, 1.54) is 0 Å². The van der Waals surface area contributed by atoms with Gasteiger partial charge in [0, 0.05) is 0 Å². The number of aliphatic carboxylic acids is 1. The molecule has 0 radical (unpaired) electrons. The van der Waals surface area contributed by atoms with Gasteiger partial charge in [-0.25, -0.2) is 0 Å². The molecule has 1 aliphatic rings. The molecule has 1 saturated heterocycles. The van der Waals surface area contributed by atoms with Crippen molar-refractivity contribution in [2.24, 2.45) is 5.73 Å². The normalized spacial score (nSPS) is 41.6. The number of nitrogens with two attached hydrogens (primary N) is 1. The lowest BCUT2D eigenvalue weighted by molar-refractivity contribution is -0.141. The zero-order valence-electron chi connectivity index (χ0n) is 6.25. The van der Waals surface area contributed by atoms with Crippen LogP contribution in [0.2, 0.25) is 0 Å². The van der Waals surface area contributed by atoms with E-state index in [1.54, 1.807) is 0 Å². The summed E-state index contributed by atoms with van der Waals surface area (Å²) >= 11 is 0. The van der Waals surface area contributed by atoms with Crippen LogP contribution in [0.3, 0.4) is 0 Å². The fourth-order valence-electron chi connectivity index (χ4n) is 1.12. The van der Waals surface area contributed by atoms with Gasteiger partial charge < -0.3 is 25.8 Å². The molecular weight excluding hydrogens is 166 g/mol. The zero-order chi connectivity index (χ0) is 9.30. The van der Waals surface area contributed by atoms with Crippen LogP contribution in [0.4, 0.5) is 0 Å². The van der Waals surface area contributed by atoms with E-state index in [0.717, 1.165) is 0 Å². The van der Waals surface area contributed by atoms with E-state index in [1.807, 2.05) is 0 Å². The fraction of sp³-hybridized carbons (Fsp3) is 0.833. The van der Waals surface area contributed by atoms with Gasteiger partial charge in [0.15, 0.2) is 0 Å². The van der Waals surface area contributed by atoms with Crippen molar-refractivity contribution in [1.29, 1.82) is 0 Å². The lowest BCUT2D eigenvalue weighted by atomic mass is 10.1. The van der Waals surface area contributed by atoms with E-state index in [4.69, 9.17) is 25.8 Å². The first-order valence-electron chi connectivity index (χ1n) is 3.51. The molecule has 1 unspecified atom stereocenters. The highest BCUT2D eigenvalue weighted by Gasteiger charge is 2.41. The van der Waals surface area contributed by atoms with Gasteiger partial charge >= 0.3 is 5.97 Å². The second-order valence-corrected chi connectivity index (χ2v) is 2.72. The van der Waals surface area contributed by atoms with Crippen LogP contribution in [0.15, 0.2) is 0 Å². The lowest BCUT2D eigenvalue weighted by Crippen LogP contribution is -2.36. The van der Waals surface area contributed by atoms with Gasteiger partial charge in [0.05, 0.1) is 12.5 Å². The van der Waals surface area contributed by atoms with Crippen molar-refractivity contribution in [3.05, 3.63) is 0 Å². The molecule has 5 N–H and O–H groups in total. The Labute approximate surface area is 68.6 Å². The molecule has 0 saturated carbocycles. The Kier molecular flexibility index (Phi) is 2.63. The molecule has 6 heteroatoms. The monoisotopic (exact) mass is 177 g/mol. The molecule has 1 aliphatic heterocycles. The van der Waals surface area contributed by atoms with E-state index >= 15 is 0 Å². The Bertz CT molecular complexity index is 185. The van der Waals surface area contributed by atoms with Crippen LogP contribution >= 0.6 is 0 Å². The summed E-state index contributed by atoms with van der Waals surface area (Å²) in [5.41, 5.74) is 5.21. The maximum Gasteiger partial charge on any atom is 0.306 e. The first-order valence-corrected chi connectivity index (χ1v) is 3.51. The van der Waals surface area contributed by atoms with Crippen LogP contribution in [0.25, 0.3) is 0 Å². The number of hydrogen-bond acceptors (Lipinski definition) is 5. The highest BCUT2D eigenvalue weighted by atomic mass is 16.6. The molecule has 0 aliphatic carbocycles. The maximum absolute atomic E-state index is 10.2. The van der Waals surface area contributed by atoms with E-state index in [0.29, 0.717) is 0 Å². The number of carboxylic acids is 1. The van der Waals surface area contributed by atoms with Crippen molar-refractivity contribution in [2.45, 2.75) is 31.0 Å². The molecule has 1 fully saturated rings. The number of ether oxygens (including phenoxy) is 1. The van der Waals surface area contributed by atoms with Gasteiger partial charge in [0.25, 0.3) is 0 Å². The van der Waals surface area contributed by atoms with Gasteiger partial charge in [0.1, 0.15) is 18.4 Å². The quantitative estimate of drug-likeness (QED) is 0.383. The summed E-state index contributed by atoms with van der Waals surface area (Å²) < 4.78 is 4.79. The molecule has 1 rings (SSSR count). The Balaban J connectivity index is 2.52. The van der Waals surface area contributed by atoms with Crippen molar-refractivity contribution < 1.29 is 24.9 Å². The molecule has 0 bridgehead atoms. The topological polar surface area (TPSA) is 113 Å². The predicted octanol–water partition coefficient (Wildman–Crippen LogP) is -2.13. The number of carbonyl (C=O) groups is 1. The highest BCUT2D eigenvalue weighted by molar-refractivity contribution is 5.67. The van der Waals surface area contributed by atoms with E-state index in [2.05, 4.69) is 0 Å². The van der Waals surface area contributed by atoms with E-state index in [-0.39, 0.29) is 6.42 Å². The average Bonchev–Trinajstić information content (AvgIpc) is 2.17. The maximum atomic E-state index is 10.2. The minimum absolute atomic E-state index is 0.355. The molecule has 1 heterocycles. The fourth-order valence-corrected chi connectivity index (χ4v) is 1.12. The van der Waals surface area contributed by atoms with Crippen LogP contribution < -0.4 is 5.73 Å². The number of carboxylic acid groups (broad SMARTS) is 1. The molecule has 4 atom stereocenters. The van der Waals surface area contributed by atoms with E-state index in [9.17, 15) is 4.79 Å². The number of aliphatic hydroxyl groups is 2. The van der Waals surface area contributed by atoms with Crippen molar-refractivity contribution in [1.82, 2.24) is 0 Å². The predicted molar refractivity (Wildman–Crippen MR) is 37.1 cm³/mol. The number of aliphatic hydroxyl groups excluding tert-OH is 2. The largest absolute Gasteiger partial charge is 0.481 e. The Hall–Kier alpha value is -0.690. The van der Waals surface area contributed by atoms with Crippen molar-refractivity contribution >= 4 is 5.97 Å². The van der Waals surface area contributed by atoms with Gasteiger partial charge in [-0.1, -0.05) is 0 Å². The Morgan fingerprint density at radius 1 is 1.42 bits per heavy atom. The number of hydrogen-bond donors (Lipinski definition) is 4. The van der Waals surface area contributed by atoms with Crippen molar-refractivity contribution in [3.8, 4) is 0 Å². The molecule has 0 aromatic heterocycles. The Morgan fingerprint density at radius 2 is 2.00 bits per heavy atom. The molecule has 0 amide bonds. The summed E-state index contributed by atoms with van der Waals surface area (Å²) in [5, 5.41) is 26.6. The molecule has 6 nitrogen and oxygen atoms in total. The summed E-state index contributed by atoms with van der Waals surface area (Å²) in [4.78, 5) is 10.2. The van der Waals surface area contributed by atoms with Crippen molar-refractivity contribution in [2.75, 3.05) is 0 Å². The smallest absolute Gasteiger partial charge is 0.306 e. The summed E-state index contributed by atoms with van der Waals surface area (Å²) in [7, 11) is 0. The van der Waals surface area contributed by atoms with Gasteiger partial charge in [-0.15, -0.1) is 0 Å². The molecule has 0 spiro atoms. The summed E-state index contributed by atoms with van der Waals surface area (Å²) in [6.07, 6.45) is -4.67. The van der Waals surface area contributed by atoms with Gasteiger partial charge in [-0.3, -0.25) is 4.79 Å². The Morgan fingerprint density at radius 3 is 2.33 bits per heavy atom. The standard InChI is InChI=1S/C6H11NO5/c7-6-5(11)4(10)2(12-6)1-3(8)9/h2,4-6,10-11H,1,7H2,(H,8,9)/t2-,4-,5-,6?/m0/s1. The first-order chi connectivity index (χ1) is 5.52. The minimum atomic E-state index is -1.21. The lowest BCUT2D eigenvalue weighted by Gasteiger charge is -2.10. The molecule has 70 valence electrons. The SMILES string of the molecule is NC1O[C@@H](CC(=O)O)[C@H](O)[C@@H]1O. The van der Waals surface area contributed by atoms with Crippen molar-refractivity contribution in [3.63, 3.8) is 0 Å². The molecular formula is C6H11NO5. The van der Waals surface area contributed by atoms with Crippen LogP contribution in [0, 0.1) is 0 Å². The summed E-state index contributed by atoms with van der Waals surface area (Å²) in [5.74, 6) is -1.10. The summed E-state index contributed by atoms with van der Waals surface area (Å²) in [6.45, 7) is 0. The van der Waals surface area contributed by atoms with Gasteiger partial charge in [-0.2, -0.15) is 0 Å². The molecule has 0 aromatic rings. The van der Waals surface area contributed by atoms with Crippen LogP contribution in [-0.2, 0) is 9.53 Å².